The molecule has 0 aliphatic carbocycles. The van der Waals surface area contributed by atoms with Crippen molar-refractivity contribution >= 4 is 23.2 Å². The number of hydrogen-bond donors (Lipinski definition) is 0. The first-order valence-electron chi connectivity index (χ1n) is 8.83. The third-order valence-electron chi connectivity index (χ3n) is 4.55. The molecule has 2 aromatic heterocycles. The SMILES string of the molecule is O=C(OCc1ccn(-c2ccccc2)n1)[C@@H]1CCCN1C(=O)c1cccs1. The number of likely N-dealkylation sites (tertiary alicyclic amines) is 1. The molecule has 0 saturated carbocycles. The molecule has 4 rings (SSSR count). The smallest absolute Gasteiger partial charge is 0.329 e. The van der Waals surface area contributed by atoms with Crippen molar-refractivity contribution in [3.8, 4) is 5.69 Å². The van der Waals surface area contributed by atoms with Crippen molar-refractivity contribution in [1.82, 2.24) is 14.7 Å². The third-order valence-corrected chi connectivity index (χ3v) is 5.40. The maximum atomic E-state index is 12.6. The van der Waals surface area contributed by atoms with Crippen molar-refractivity contribution in [1.29, 1.82) is 0 Å². The predicted octanol–water partition coefficient (Wildman–Crippen LogP) is 3.28. The normalized spacial score (nSPS) is 16.4. The van der Waals surface area contributed by atoms with Gasteiger partial charge in [0, 0.05) is 12.7 Å². The number of carbonyl (C=O) groups excluding carboxylic acids is 2. The van der Waals surface area contributed by atoms with Crippen LogP contribution in [0, 0.1) is 0 Å². The minimum absolute atomic E-state index is 0.0935. The molecule has 1 aromatic carbocycles. The molecule has 0 spiro atoms. The Kier molecular flexibility index (Phi) is 5.02. The van der Waals surface area contributed by atoms with Crippen LogP contribution in [0.1, 0.15) is 28.2 Å². The second kappa shape index (κ2) is 7.75. The number of aromatic nitrogens is 2. The second-order valence-corrected chi connectivity index (χ2v) is 7.28. The average molecular weight is 381 g/mol. The highest BCUT2D eigenvalue weighted by Crippen LogP contribution is 2.23. The molecule has 6 nitrogen and oxygen atoms in total. The highest BCUT2D eigenvalue weighted by atomic mass is 32.1. The quantitative estimate of drug-likeness (QED) is 0.636. The molecule has 1 saturated heterocycles. The first-order valence-corrected chi connectivity index (χ1v) is 9.71. The van der Waals surface area contributed by atoms with Crippen molar-refractivity contribution in [3.05, 3.63) is 70.7 Å². The second-order valence-electron chi connectivity index (χ2n) is 6.33. The van der Waals surface area contributed by atoms with Gasteiger partial charge in [0.05, 0.1) is 10.6 Å². The van der Waals surface area contributed by atoms with Gasteiger partial charge in [0.15, 0.2) is 0 Å². The van der Waals surface area contributed by atoms with E-state index in [2.05, 4.69) is 5.10 Å². The number of para-hydroxylation sites is 1. The summed E-state index contributed by atoms with van der Waals surface area (Å²) in [4.78, 5) is 27.4. The first kappa shape index (κ1) is 17.5. The van der Waals surface area contributed by atoms with Gasteiger partial charge in [-0.1, -0.05) is 24.3 Å². The Labute approximate surface area is 161 Å². The molecule has 27 heavy (non-hydrogen) atoms. The molecule has 0 N–H and O–H groups in total. The van der Waals surface area contributed by atoms with Gasteiger partial charge in [0.1, 0.15) is 18.3 Å². The number of thiophene rings is 1. The summed E-state index contributed by atoms with van der Waals surface area (Å²) in [5, 5.41) is 6.30. The Morgan fingerprint density at radius 2 is 2.00 bits per heavy atom. The van der Waals surface area contributed by atoms with E-state index in [4.69, 9.17) is 4.74 Å². The Morgan fingerprint density at radius 1 is 1.15 bits per heavy atom. The van der Waals surface area contributed by atoms with Gasteiger partial charge in [-0.3, -0.25) is 4.79 Å². The molecule has 0 bridgehead atoms. The van der Waals surface area contributed by atoms with E-state index in [-0.39, 0.29) is 18.5 Å². The van der Waals surface area contributed by atoms with Gasteiger partial charge in [-0.05, 0) is 42.5 Å². The Morgan fingerprint density at radius 3 is 2.78 bits per heavy atom. The molecule has 1 fully saturated rings. The van der Waals surface area contributed by atoms with Crippen LogP contribution >= 0.6 is 11.3 Å². The topological polar surface area (TPSA) is 64.4 Å². The zero-order valence-electron chi connectivity index (χ0n) is 14.7. The molecule has 0 radical (unpaired) electrons. The Hall–Kier alpha value is -2.93. The van der Waals surface area contributed by atoms with Gasteiger partial charge in [-0.2, -0.15) is 5.10 Å². The lowest BCUT2D eigenvalue weighted by molar-refractivity contribution is -0.149. The van der Waals surface area contributed by atoms with Crippen molar-refractivity contribution in [3.63, 3.8) is 0 Å². The van der Waals surface area contributed by atoms with Crippen molar-refractivity contribution < 1.29 is 14.3 Å². The van der Waals surface area contributed by atoms with Crippen LogP contribution < -0.4 is 0 Å². The molecule has 3 aromatic rings. The fourth-order valence-corrected chi connectivity index (χ4v) is 3.88. The van der Waals surface area contributed by atoms with E-state index >= 15 is 0 Å². The van der Waals surface area contributed by atoms with Gasteiger partial charge >= 0.3 is 5.97 Å². The minimum Gasteiger partial charge on any atom is -0.458 e. The van der Waals surface area contributed by atoms with Crippen LogP contribution in [0.2, 0.25) is 0 Å². The highest BCUT2D eigenvalue weighted by molar-refractivity contribution is 7.12. The summed E-state index contributed by atoms with van der Waals surface area (Å²) in [6.07, 6.45) is 3.27. The first-order chi connectivity index (χ1) is 13.2. The number of ether oxygens (including phenoxy) is 1. The average Bonchev–Trinajstić information content (AvgIpc) is 3.47. The minimum atomic E-state index is -0.518. The van der Waals surface area contributed by atoms with Crippen molar-refractivity contribution in [2.45, 2.75) is 25.5 Å². The maximum absolute atomic E-state index is 12.6. The summed E-state index contributed by atoms with van der Waals surface area (Å²) in [5.74, 6) is -0.468. The lowest BCUT2D eigenvalue weighted by atomic mass is 10.2. The Balaban J connectivity index is 1.38. The number of esters is 1. The number of amides is 1. The van der Waals surface area contributed by atoms with E-state index in [0.717, 1.165) is 12.1 Å². The van der Waals surface area contributed by atoms with Crippen LogP contribution in [-0.4, -0.2) is 39.1 Å². The zero-order valence-corrected chi connectivity index (χ0v) is 15.5. The van der Waals surface area contributed by atoms with Gasteiger partial charge in [0.25, 0.3) is 5.91 Å². The number of rotatable bonds is 5. The van der Waals surface area contributed by atoms with Gasteiger partial charge < -0.3 is 9.64 Å². The van der Waals surface area contributed by atoms with Gasteiger partial charge in [0.2, 0.25) is 0 Å². The highest BCUT2D eigenvalue weighted by Gasteiger charge is 2.36. The number of benzene rings is 1. The number of hydrogen-bond acceptors (Lipinski definition) is 5. The van der Waals surface area contributed by atoms with Crippen LogP contribution in [0.3, 0.4) is 0 Å². The molecular weight excluding hydrogens is 362 g/mol. The molecule has 138 valence electrons. The molecule has 1 amide bonds. The van der Waals surface area contributed by atoms with Crippen LogP contribution in [0.4, 0.5) is 0 Å². The van der Waals surface area contributed by atoms with E-state index in [9.17, 15) is 9.59 Å². The van der Waals surface area contributed by atoms with E-state index < -0.39 is 6.04 Å². The van der Waals surface area contributed by atoms with Crippen LogP contribution in [-0.2, 0) is 16.1 Å². The number of carbonyl (C=O) groups is 2. The zero-order chi connectivity index (χ0) is 18.6. The van der Waals surface area contributed by atoms with Gasteiger partial charge in [-0.15, -0.1) is 11.3 Å². The largest absolute Gasteiger partial charge is 0.458 e. The molecule has 1 atom stereocenters. The molecular formula is C20H19N3O3S. The maximum Gasteiger partial charge on any atom is 0.329 e. The summed E-state index contributed by atoms with van der Waals surface area (Å²) < 4.78 is 7.20. The van der Waals surface area contributed by atoms with Crippen LogP contribution in [0.15, 0.2) is 60.1 Å². The fourth-order valence-electron chi connectivity index (χ4n) is 3.20. The fraction of sp³-hybridized carbons (Fsp3) is 0.250. The van der Waals surface area contributed by atoms with Crippen LogP contribution in [0.5, 0.6) is 0 Å². The summed E-state index contributed by atoms with van der Waals surface area (Å²) in [6, 6.07) is 14.7. The van der Waals surface area contributed by atoms with E-state index in [1.54, 1.807) is 15.6 Å². The van der Waals surface area contributed by atoms with Crippen molar-refractivity contribution in [2.24, 2.45) is 0 Å². The van der Waals surface area contributed by atoms with E-state index in [0.29, 0.717) is 23.5 Å². The lowest BCUT2D eigenvalue weighted by Gasteiger charge is -2.22. The van der Waals surface area contributed by atoms with E-state index in [1.165, 1.54) is 11.3 Å². The molecule has 1 aliphatic rings. The molecule has 1 aliphatic heterocycles. The van der Waals surface area contributed by atoms with E-state index in [1.807, 2.05) is 54.0 Å². The monoisotopic (exact) mass is 381 g/mol. The van der Waals surface area contributed by atoms with Crippen LogP contribution in [0.25, 0.3) is 5.69 Å². The summed E-state index contributed by atoms with van der Waals surface area (Å²) in [5.41, 5.74) is 1.61. The number of nitrogens with zero attached hydrogens (tertiary/aromatic N) is 3. The third kappa shape index (κ3) is 3.78. The van der Waals surface area contributed by atoms with Gasteiger partial charge in [-0.25, -0.2) is 9.48 Å². The summed E-state index contributed by atoms with van der Waals surface area (Å²) >= 11 is 1.39. The lowest BCUT2D eigenvalue weighted by Crippen LogP contribution is -2.41. The van der Waals surface area contributed by atoms with Crippen molar-refractivity contribution in [2.75, 3.05) is 6.54 Å². The molecule has 0 unspecified atom stereocenters. The molecule has 7 heteroatoms. The predicted molar refractivity (Wildman–Crippen MR) is 102 cm³/mol. The standard InChI is InChI=1S/C20H19N3O3S/c24-19(18-9-5-13-27-18)22-11-4-8-17(22)20(25)26-14-15-10-12-23(21-15)16-6-2-1-3-7-16/h1-3,5-7,9-10,12-13,17H,4,8,11,14H2/t17-/m0/s1. The summed E-state index contributed by atoms with van der Waals surface area (Å²) in [6.45, 7) is 0.676. The Bertz CT molecular complexity index is 921. The summed E-state index contributed by atoms with van der Waals surface area (Å²) in [7, 11) is 0. The molecule has 3 heterocycles.